The van der Waals surface area contributed by atoms with Crippen LogP contribution in [0.2, 0.25) is 0 Å². The summed E-state index contributed by atoms with van der Waals surface area (Å²) in [4.78, 5) is 18.3. The summed E-state index contributed by atoms with van der Waals surface area (Å²) in [5, 5.41) is 0. The fourth-order valence-electron chi connectivity index (χ4n) is 4.78. The van der Waals surface area contributed by atoms with Gasteiger partial charge in [0.15, 0.2) is 5.78 Å². The Morgan fingerprint density at radius 3 is 2.31 bits per heavy atom. The van der Waals surface area contributed by atoms with Gasteiger partial charge in [0.2, 0.25) is 0 Å². The second-order valence-corrected chi connectivity index (χ2v) is 9.84. The van der Waals surface area contributed by atoms with Crippen molar-refractivity contribution in [3.8, 4) is 0 Å². The third-order valence-electron chi connectivity index (χ3n) is 7.03. The lowest BCUT2D eigenvalue weighted by Crippen LogP contribution is -2.17. The second kappa shape index (κ2) is 14.1. The second-order valence-electron chi connectivity index (χ2n) is 9.84. The highest BCUT2D eigenvalue weighted by molar-refractivity contribution is 6.01. The van der Waals surface area contributed by atoms with Crippen molar-refractivity contribution in [2.75, 3.05) is 0 Å². The third-order valence-corrected chi connectivity index (χ3v) is 7.03. The van der Waals surface area contributed by atoms with Gasteiger partial charge in [-0.25, -0.2) is 4.39 Å². The molecule has 1 aliphatic carbocycles. The molecule has 1 saturated carbocycles. The Hall–Kier alpha value is -2.81. The fourth-order valence-corrected chi connectivity index (χ4v) is 4.78. The maximum atomic E-state index is 13.8. The normalized spacial score (nSPS) is 13.6. The Balaban J connectivity index is 0.00000176. The highest BCUT2D eigenvalue weighted by Gasteiger charge is 2.26. The van der Waals surface area contributed by atoms with E-state index in [1.807, 2.05) is 39.1 Å². The number of aryl methyl sites for hydroxylation is 2. The zero-order chi connectivity index (χ0) is 25.9. The first-order valence-electron chi connectivity index (χ1n) is 13.9. The number of halogens is 1. The number of hydrogen-bond donors (Lipinski definition) is 0. The highest BCUT2D eigenvalue weighted by atomic mass is 19.1. The van der Waals surface area contributed by atoms with Crippen LogP contribution in [-0.4, -0.2) is 10.8 Å². The molecule has 0 spiro atoms. The molecule has 0 saturated heterocycles. The molecule has 1 heterocycles. The average molecular weight is 488 g/mol. The van der Waals surface area contributed by atoms with Crippen LogP contribution in [0.5, 0.6) is 0 Å². The molecule has 0 N–H and O–H groups in total. The van der Waals surface area contributed by atoms with Gasteiger partial charge < -0.3 is 0 Å². The number of benzene rings is 2. The Kier molecular flexibility index (Phi) is 10.8. The molecule has 0 aliphatic heterocycles. The van der Waals surface area contributed by atoms with Gasteiger partial charge in [0.05, 0.1) is 5.92 Å². The summed E-state index contributed by atoms with van der Waals surface area (Å²) in [6, 6.07) is 17.0. The molecule has 3 heteroatoms. The van der Waals surface area contributed by atoms with Crippen molar-refractivity contribution in [3.05, 3.63) is 100 Å². The molecule has 36 heavy (non-hydrogen) atoms. The van der Waals surface area contributed by atoms with Gasteiger partial charge in [-0.2, -0.15) is 0 Å². The number of unbranched alkanes of at least 4 members (excludes halogenated alkanes) is 4. The van der Waals surface area contributed by atoms with Crippen molar-refractivity contribution >= 4 is 5.78 Å². The molecule has 1 aromatic heterocycles. The quantitative estimate of drug-likeness (QED) is 0.188. The molecule has 3 aromatic rings. The maximum absolute atomic E-state index is 13.8. The summed E-state index contributed by atoms with van der Waals surface area (Å²) in [7, 11) is 0. The summed E-state index contributed by atoms with van der Waals surface area (Å²) in [6.07, 6.45) is 12.2. The molecular formula is C33H42FNO. The van der Waals surface area contributed by atoms with Gasteiger partial charge in [0, 0.05) is 17.5 Å². The van der Waals surface area contributed by atoms with E-state index >= 15 is 0 Å². The molecule has 1 atom stereocenters. The van der Waals surface area contributed by atoms with Crippen LogP contribution in [0.25, 0.3) is 0 Å². The van der Waals surface area contributed by atoms with E-state index in [2.05, 4.69) is 36.2 Å². The molecular weight excluding hydrogens is 445 g/mol. The van der Waals surface area contributed by atoms with Gasteiger partial charge in [0.25, 0.3) is 0 Å². The maximum Gasteiger partial charge on any atom is 0.170 e. The number of Topliss-reactive ketones (excluding diaryl/α,β-unsaturated/α-hetero) is 1. The molecule has 1 unspecified atom stereocenters. The van der Waals surface area contributed by atoms with Gasteiger partial charge in [0.1, 0.15) is 5.82 Å². The summed E-state index contributed by atoms with van der Waals surface area (Å²) in [5.41, 5.74) is 5.88. The first kappa shape index (κ1) is 27.8. The topological polar surface area (TPSA) is 30.0 Å². The third kappa shape index (κ3) is 7.85. The van der Waals surface area contributed by atoms with E-state index in [1.165, 1.54) is 62.6 Å². The van der Waals surface area contributed by atoms with Crippen molar-refractivity contribution in [1.82, 2.24) is 4.98 Å². The van der Waals surface area contributed by atoms with Gasteiger partial charge in [-0.3, -0.25) is 9.78 Å². The summed E-state index contributed by atoms with van der Waals surface area (Å²) in [6.45, 7) is 8.11. The van der Waals surface area contributed by atoms with Crippen LogP contribution < -0.4 is 0 Å². The minimum Gasteiger partial charge on any atom is -0.293 e. The SMILES string of the molecule is CC.CCCCCCCc1ccc(CC(C(=O)c2ccc(C3CC3)cc2)c2ccc(F)cc2C)cn1. The number of aromatic nitrogens is 1. The highest BCUT2D eigenvalue weighted by Crippen LogP contribution is 2.40. The van der Waals surface area contributed by atoms with Crippen LogP contribution >= 0.6 is 0 Å². The molecule has 2 nitrogen and oxygen atoms in total. The van der Waals surface area contributed by atoms with Crippen molar-refractivity contribution in [2.45, 2.75) is 97.3 Å². The first-order valence-corrected chi connectivity index (χ1v) is 13.9. The van der Waals surface area contributed by atoms with Crippen LogP contribution in [-0.2, 0) is 12.8 Å². The Labute approximate surface area is 217 Å². The summed E-state index contributed by atoms with van der Waals surface area (Å²) < 4.78 is 13.8. The van der Waals surface area contributed by atoms with Gasteiger partial charge in [-0.05, 0) is 85.4 Å². The summed E-state index contributed by atoms with van der Waals surface area (Å²) in [5.74, 6) is 0.104. The van der Waals surface area contributed by atoms with Crippen molar-refractivity contribution < 1.29 is 9.18 Å². The largest absolute Gasteiger partial charge is 0.293 e. The minimum absolute atomic E-state index is 0.0806. The summed E-state index contributed by atoms with van der Waals surface area (Å²) >= 11 is 0. The first-order chi connectivity index (χ1) is 17.5. The van der Waals surface area contributed by atoms with E-state index in [1.54, 1.807) is 6.07 Å². The van der Waals surface area contributed by atoms with Crippen LogP contribution in [0.3, 0.4) is 0 Å². The fraction of sp³-hybridized carbons (Fsp3) is 0.455. The number of rotatable bonds is 12. The predicted octanol–water partition coefficient (Wildman–Crippen LogP) is 9.15. The lowest BCUT2D eigenvalue weighted by Gasteiger charge is -2.19. The van der Waals surface area contributed by atoms with Crippen LogP contribution in [0.4, 0.5) is 4.39 Å². The number of nitrogens with zero attached hydrogens (tertiary/aromatic N) is 1. The van der Waals surface area contributed by atoms with Gasteiger partial charge in [-0.15, -0.1) is 0 Å². The molecule has 0 radical (unpaired) electrons. The smallest absolute Gasteiger partial charge is 0.170 e. The standard InChI is InChI=1S/C31H36FNO.C2H6/c1-3-4-5-6-7-8-28-17-9-23(21-33-28)20-30(29-18-16-27(32)19-22(29)2)31(34)26-14-12-25(13-15-26)24-10-11-24;1-2/h9,12-19,21,24,30H,3-8,10-11,20H2,1-2H3;1-2H3. The van der Waals surface area contributed by atoms with E-state index in [-0.39, 0.29) is 17.5 Å². The number of carbonyl (C=O) groups is 1. The molecule has 2 aromatic carbocycles. The van der Waals surface area contributed by atoms with Gasteiger partial charge in [-0.1, -0.05) is 82.9 Å². The zero-order valence-electron chi connectivity index (χ0n) is 22.5. The Morgan fingerprint density at radius 1 is 0.972 bits per heavy atom. The molecule has 0 amide bonds. The van der Waals surface area contributed by atoms with E-state index in [0.717, 1.165) is 34.4 Å². The van der Waals surface area contributed by atoms with Crippen molar-refractivity contribution in [1.29, 1.82) is 0 Å². The van der Waals surface area contributed by atoms with Crippen molar-refractivity contribution in [3.63, 3.8) is 0 Å². The average Bonchev–Trinajstić information content (AvgIpc) is 3.75. The Morgan fingerprint density at radius 2 is 1.69 bits per heavy atom. The molecule has 1 fully saturated rings. The van der Waals surface area contributed by atoms with E-state index in [4.69, 9.17) is 0 Å². The number of carbonyl (C=O) groups excluding carboxylic acids is 1. The molecule has 0 bridgehead atoms. The van der Waals surface area contributed by atoms with Crippen LogP contribution in [0.1, 0.15) is 116 Å². The zero-order valence-corrected chi connectivity index (χ0v) is 22.5. The van der Waals surface area contributed by atoms with E-state index in [0.29, 0.717) is 12.3 Å². The number of hydrogen-bond acceptors (Lipinski definition) is 2. The van der Waals surface area contributed by atoms with E-state index < -0.39 is 0 Å². The molecule has 4 rings (SSSR count). The van der Waals surface area contributed by atoms with E-state index in [9.17, 15) is 9.18 Å². The monoisotopic (exact) mass is 487 g/mol. The van der Waals surface area contributed by atoms with Crippen LogP contribution in [0, 0.1) is 12.7 Å². The molecule has 192 valence electrons. The van der Waals surface area contributed by atoms with Gasteiger partial charge >= 0.3 is 0 Å². The minimum atomic E-state index is -0.367. The lowest BCUT2D eigenvalue weighted by molar-refractivity contribution is 0.0958. The number of ketones is 1. The van der Waals surface area contributed by atoms with Crippen LogP contribution in [0.15, 0.2) is 60.8 Å². The number of pyridine rings is 1. The Bertz CT molecular complexity index is 1080. The predicted molar refractivity (Wildman–Crippen MR) is 148 cm³/mol. The van der Waals surface area contributed by atoms with Crippen molar-refractivity contribution in [2.24, 2.45) is 0 Å². The molecule has 1 aliphatic rings. The lowest BCUT2D eigenvalue weighted by atomic mass is 9.83.